The molecule has 1 unspecified atom stereocenters. The van der Waals surface area contributed by atoms with E-state index in [9.17, 15) is 0 Å². The molecular weight excluding hydrogens is 342 g/mol. The van der Waals surface area contributed by atoms with Crippen LogP contribution in [0.2, 0.25) is 0 Å². The zero-order chi connectivity index (χ0) is 18.1. The molecule has 0 N–H and O–H groups in total. The molecule has 0 bridgehead atoms. The van der Waals surface area contributed by atoms with E-state index in [4.69, 9.17) is 4.74 Å². The second kappa shape index (κ2) is 7.81. The van der Waals surface area contributed by atoms with Gasteiger partial charge >= 0.3 is 0 Å². The van der Waals surface area contributed by atoms with Crippen LogP contribution >= 0.6 is 11.3 Å². The van der Waals surface area contributed by atoms with Crippen molar-refractivity contribution in [3.8, 4) is 5.88 Å². The fourth-order valence-electron chi connectivity index (χ4n) is 4.73. The minimum absolute atomic E-state index is 0.301. The first-order valence-corrected chi connectivity index (χ1v) is 11.1. The molecule has 5 heteroatoms. The summed E-state index contributed by atoms with van der Waals surface area (Å²) in [5, 5.41) is 1.23. The van der Waals surface area contributed by atoms with Gasteiger partial charge in [-0.3, -0.25) is 0 Å². The van der Waals surface area contributed by atoms with Gasteiger partial charge in [-0.25, -0.2) is 9.97 Å². The maximum absolute atomic E-state index is 6.45. The Bertz CT molecular complexity index is 749. The first-order valence-electron chi connectivity index (χ1n) is 10.2. The van der Waals surface area contributed by atoms with Crippen LogP contribution in [0.15, 0.2) is 6.33 Å². The van der Waals surface area contributed by atoms with Crippen LogP contribution in [0.1, 0.15) is 62.3 Å². The van der Waals surface area contributed by atoms with Gasteiger partial charge in [0.2, 0.25) is 5.88 Å². The molecule has 4 nitrogen and oxygen atoms in total. The summed E-state index contributed by atoms with van der Waals surface area (Å²) in [7, 11) is 4.37. The number of aromatic nitrogens is 2. The average molecular weight is 374 g/mol. The van der Waals surface area contributed by atoms with E-state index in [-0.39, 0.29) is 0 Å². The molecule has 0 amide bonds. The van der Waals surface area contributed by atoms with Crippen LogP contribution in [0.25, 0.3) is 10.2 Å². The van der Waals surface area contributed by atoms with Crippen molar-refractivity contribution >= 4 is 21.6 Å². The summed E-state index contributed by atoms with van der Waals surface area (Å²) < 4.78 is 6.45. The van der Waals surface area contributed by atoms with Crippen LogP contribution in [0.4, 0.5) is 0 Å². The smallest absolute Gasteiger partial charge is 0.225 e. The van der Waals surface area contributed by atoms with Crippen molar-refractivity contribution in [2.75, 3.05) is 14.1 Å². The molecule has 2 heterocycles. The van der Waals surface area contributed by atoms with Crippen LogP contribution in [-0.2, 0) is 12.8 Å². The number of ether oxygens (including phenoxy) is 1. The van der Waals surface area contributed by atoms with Gasteiger partial charge in [0.25, 0.3) is 0 Å². The van der Waals surface area contributed by atoms with E-state index < -0.39 is 0 Å². The van der Waals surface area contributed by atoms with E-state index in [0.29, 0.717) is 12.1 Å². The summed E-state index contributed by atoms with van der Waals surface area (Å²) in [6, 6.07) is 0.698. The lowest BCUT2D eigenvalue weighted by atomic mass is 9.84. The summed E-state index contributed by atoms with van der Waals surface area (Å²) in [4.78, 5) is 14.1. The van der Waals surface area contributed by atoms with Crippen molar-refractivity contribution < 1.29 is 4.74 Å². The Morgan fingerprint density at radius 2 is 1.96 bits per heavy atom. The van der Waals surface area contributed by atoms with Crippen LogP contribution in [0, 0.1) is 5.92 Å². The fraction of sp³-hybridized carbons (Fsp3) is 0.714. The van der Waals surface area contributed by atoms with Crippen molar-refractivity contribution in [1.29, 1.82) is 0 Å². The van der Waals surface area contributed by atoms with Crippen molar-refractivity contribution in [2.45, 2.75) is 76.9 Å². The standard InChI is InChI=1S/C21H31N3OS/c1-4-5-14-6-11-18-17(12-14)19-20(22-13-23-21(19)26-18)25-16-9-7-15(8-10-16)24(2)3/h13-16H,4-12H2,1-3H3. The monoisotopic (exact) mass is 373 g/mol. The van der Waals surface area contributed by atoms with Gasteiger partial charge in [-0.2, -0.15) is 0 Å². The van der Waals surface area contributed by atoms with Gasteiger partial charge in [0.15, 0.2) is 0 Å². The predicted molar refractivity (Wildman–Crippen MR) is 108 cm³/mol. The first kappa shape index (κ1) is 18.2. The second-order valence-electron chi connectivity index (χ2n) is 8.27. The summed E-state index contributed by atoms with van der Waals surface area (Å²) >= 11 is 1.86. The molecule has 26 heavy (non-hydrogen) atoms. The molecule has 4 rings (SSSR count). The van der Waals surface area contributed by atoms with Crippen LogP contribution in [0.3, 0.4) is 0 Å². The summed E-state index contributed by atoms with van der Waals surface area (Å²) in [5.74, 6) is 1.66. The molecule has 2 aliphatic rings. The average Bonchev–Trinajstić information content (AvgIpc) is 3.01. The third-order valence-electron chi connectivity index (χ3n) is 6.26. The maximum atomic E-state index is 6.45. The van der Waals surface area contributed by atoms with E-state index in [1.165, 1.54) is 60.8 Å². The minimum Gasteiger partial charge on any atom is -0.474 e. The van der Waals surface area contributed by atoms with E-state index >= 15 is 0 Å². The molecule has 2 aromatic heterocycles. The van der Waals surface area contributed by atoms with Crippen molar-refractivity contribution in [3.05, 3.63) is 16.8 Å². The molecule has 1 fully saturated rings. The molecule has 0 aromatic carbocycles. The summed E-state index contributed by atoms with van der Waals surface area (Å²) in [6.07, 6.45) is 13.0. The Morgan fingerprint density at radius 1 is 1.15 bits per heavy atom. The lowest BCUT2D eigenvalue weighted by Crippen LogP contribution is -2.35. The lowest BCUT2D eigenvalue weighted by Gasteiger charge is -2.32. The number of hydrogen-bond acceptors (Lipinski definition) is 5. The zero-order valence-corrected chi connectivity index (χ0v) is 17.1. The molecule has 0 aliphatic heterocycles. The van der Waals surface area contributed by atoms with Crippen LogP contribution < -0.4 is 4.74 Å². The highest BCUT2D eigenvalue weighted by Crippen LogP contribution is 2.42. The van der Waals surface area contributed by atoms with E-state index in [0.717, 1.165) is 29.5 Å². The van der Waals surface area contributed by atoms with Crippen molar-refractivity contribution in [1.82, 2.24) is 14.9 Å². The number of thiophene rings is 1. The van der Waals surface area contributed by atoms with E-state index in [1.807, 2.05) is 11.3 Å². The van der Waals surface area contributed by atoms with Crippen LogP contribution in [-0.4, -0.2) is 41.1 Å². The van der Waals surface area contributed by atoms with Gasteiger partial charge in [-0.1, -0.05) is 19.8 Å². The predicted octanol–water partition coefficient (Wildman–Crippen LogP) is 4.85. The SMILES string of the molecule is CCCC1CCc2sc3ncnc(OC4CCC(N(C)C)CC4)c3c2C1. The second-order valence-corrected chi connectivity index (χ2v) is 9.36. The quantitative estimate of drug-likeness (QED) is 0.751. The fourth-order valence-corrected chi connectivity index (χ4v) is 5.91. The Hall–Kier alpha value is -1.20. The highest BCUT2D eigenvalue weighted by molar-refractivity contribution is 7.18. The van der Waals surface area contributed by atoms with Crippen molar-refractivity contribution in [2.24, 2.45) is 5.92 Å². The van der Waals surface area contributed by atoms with Gasteiger partial charge in [-0.05, 0) is 70.5 Å². The Balaban J connectivity index is 1.56. The Morgan fingerprint density at radius 3 is 2.69 bits per heavy atom. The molecule has 0 saturated heterocycles. The Kier molecular flexibility index (Phi) is 5.46. The molecule has 0 radical (unpaired) electrons. The third-order valence-corrected chi connectivity index (χ3v) is 7.46. The molecule has 2 aliphatic carbocycles. The van der Waals surface area contributed by atoms with Gasteiger partial charge in [0.1, 0.15) is 17.3 Å². The normalized spacial score (nSPS) is 26.2. The molecule has 0 spiro atoms. The third kappa shape index (κ3) is 3.61. The molecule has 1 saturated carbocycles. The topological polar surface area (TPSA) is 38.3 Å². The van der Waals surface area contributed by atoms with Gasteiger partial charge in [-0.15, -0.1) is 11.3 Å². The molecule has 1 atom stereocenters. The summed E-state index contributed by atoms with van der Waals surface area (Å²) in [6.45, 7) is 2.29. The Labute approximate surface area is 161 Å². The van der Waals surface area contributed by atoms with Gasteiger partial charge in [0, 0.05) is 10.9 Å². The molecular formula is C21H31N3OS. The lowest BCUT2D eigenvalue weighted by molar-refractivity contribution is 0.108. The maximum Gasteiger partial charge on any atom is 0.225 e. The number of nitrogens with zero attached hydrogens (tertiary/aromatic N) is 3. The van der Waals surface area contributed by atoms with E-state index in [1.54, 1.807) is 6.33 Å². The minimum atomic E-state index is 0.301. The largest absolute Gasteiger partial charge is 0.474 e. The van der Waals surface area contributed by atoms with Crippen LogP contribution in [0.5, 0.6) is 5.88 Å². The van der Waals surface area contributed by atoms with Crippen molar-refractivity contribution in [3.63, 3.8) is 0 Å². The van der Waals surface area contributed by atoms with Gasteiger partial charge < -0.3 is 9.64 Å². The highest BCUT2D eigenvalue weighted by Gasteiger charge is 2.28. The number of fused-ring (bicyclic) bond motifs is 3. The summed E-state index contributed by atoms with van der Waals surface area (Å²) in [5.41, 5.74) is 1.49. The molecule has 2 aromatic rings. The zero-order valence-electron chi connectivity index (χ0n) is 16.3. The highest BCUT2D eigenvalue weighted by atomic mass is 32.1. The molecule has 142 valence electrons. The van der Waals surface area contributed by atoms with E-state index in [2.05, 4.69) is 35.9 Å². The first-order chi connectivity index (χ1) is 12.7. The number of aryl methyl sites for hydroxylation is 1. The van der Waals surface area contributed by atoms with Gasteiger partial charge in [0.05, 0.1) is 5.39 Å². The number of rotatable bonds is 5. The number of hydrogen-bond donors (Lipinski definition) is 0.